The summed E-state index contributed by atoms with van der Waals surface area (Å²) in [4.78, 5) is 7.33. The van der Waals surface area contributed by atoms with Crippen LogP contribution < -0.4 is 0 Å². The van der Waals surface area contributed by atoms with E-state index in [0.717, 1.165) is 35.9 Å². The van der Waals surface area contributed by atoms with Gasteiger partial charge in [0.1, 0.15) is 5.52 Å². The molecule has 0 saturated heterocycles. The first-order chi connectivity index (χ1) is 22.3. The molecule has 5 unspecified atom stereocenters. The first-order valence-corrected chi connectivity index (χ1v) is 17.3. The second-order valence-corrected chi connectivity index (χ2v) is 13.9. The molecule has 0 N–H and O–H groups in total. The summed E-state index contributed by atoms with van der Waals surface area (Å²) in [6.45, 7) is 17.6. The molecule has 2 aromatic carbocycles. The van der Waals surface area contributed by atoms with E-state index in [1.165, 1.54) is 35.2 Å². The molecule has 0 saturated carbocycles. The van der Waals surface area contributed by atoms with Crippen molar-refractivity contribution in [2.24, 2.45) is 17.8 Å². The predicted molar refractivity (Wildman–Crippen MR) is 195 cm³/mol. The van der Waals surface area contributed by atoms with E-state index in [-0.39, 0.29) is 11.3 Å². The van der Waals surface area contributed by atoms with Gasteiger partial charge in [0.15, 0.2) is 5.58 Å². The zero-order valence-electron chi connectivity index (χ0n) is 28.4. The van der Waals surface area contributed by atoms with Gasteiger partial charge in [-0.05, 0) is 83.4 Å². The Morgan fingerprint density at radius 2 is 1.87 bits per heavy atom. The molecule has 4 aliphatic carbocycles. The van der Waals surface area contributed by atoms with E-state index < -0.39 is 0 Å². The molecule has 0 bridgehead atoms. The highest BCUT2D eigenvalue weighted by molar-refractivity contribution is 5.78. The molecule has 0 aliphatic heterocycles. The monoisotopic (exact) mass is 610 g/mol. The van der Waals surface area contributed by atoms with Crippen molar-refractivity contribution in [3.8, 4) is 0 Å². The van der Waals surface area contributed by atoms with Crippen LogP contribution in [0.5, 0.6) is 0 Å². The molecule has 3 nitrogen and oxygen atoms in total. The SMILES string of the molecule is C=C/C=C(\C=C)C1C(N(C)C2CC=CC(c3nc4ccccc4o3)=CC2)=Cc2cccc3c2C1C1CCC=CC1C3(C)C.CCC. The lowest BCUT2D eigenvalue weighted by molar-refractivity contribution is 0.152. The lowest BCUT2D eigenvalue weighted by Crippen LogP contribution is -2.48. The predicted octanol–water partition coefficient (Wildman–Crippen LogP) is 11.2. The number of allylic oxidation sites excluding steroid dienone is 8. The second kappa shape index (κ2) is 13.3. The number of aromatic nitrogens is 1. The maximum atomic E-state index is 6.13. The first kappa shape index (κ1) is 31.9. The molecule has 238 valence electrons. The van der Waals surface area contributed by atoms with Gasteiger partial charge in [-0.25, -0.2) is 4.98 Å². The minimum Gasteiger partial charge on any atom is -0.436 e. The van der Waals surface area contributed by atoms with Crippen LogP contribution in [0, 0.1) is 17.8 Å². The largest absolute Gasteiger partial charge is 0.436 e. The van der Waals surface area contributed by atoms with Crippen LogP contribution in [-0.4, -0.2) is 23.0 Å². The summed E-state index contributed by atoms with van der Waals surface area (Å²) in [5.74, 6) is 2.40. The summed E-state index contributed by atoms with van der Waals surface area (Å²) in [6.07, 6.45) is 25.9. The van der Waals surface area contributed by atoms with Crippen LogP contribution in [-0.2, 0) is 5.41 Å². The van der Waals surface area contributed by atoms with Crippen LogP contribution in [0.2, 0.25) is 0 Å². The standard InChI is InChI=1S/C40H42N2O.C3H8/c1-6-14-26(7-2)37-34(25-28-16-13-20-32-36(28)38(37)30-18-8-9-19-31(30)40(32,3)4)42(5)29-17-12-15-27(23-24-29)39-41-33-21-10-11-22-35(33)43-39;1-3-2/h6-7,9-16,19-23,25,29-31,37-38H,1-2,8,17-18,24H2,3-5H3;3H2,1-2H3/b26-14+;. The van der Waals surface area contributed by atoms with Gasteiger partial charge >= 0.3 is 0 Å². The van der Waals surface area contributed by atoms with Crippen LogP contribution in [0.1, 0.15) is 88.3 Å². The van der Waals surface area contributed by atoms with Crippen molar-refractivity contribution in [2.75, 3.05) is 7.05 Å². The molecule has 4 aliphatic rings. The summed E-state index contributed by atoms with van der Waals surface area (Å²) >= 11 is 0. The number of benzene rings is 2. The van der Waals surface area contributed by atoms with Crippen molar-refractivity contribution in [1.82, 2.24) is 9.88 Å². The third kappa shape index (κ3) is 5.59. The number of nitrogens with zero attached hydrogens (tertiary/aromatic N) is 2. The number of hydrogen-bond donors (Lipinski definition) is 0. The van der Waals surface area contributed by atoms with Crippen LogP contribution in [0.3, 0.4) is 0 Å². The first-order valence-electron chi connectivity index (χ1n) is 17.3. The Morgan fingerprint density at radius 3 is 2.63 bits per heavy atom. The topological polar surface area (TPSA) is 29.3 Å². The molecular weight excluding hydrogens is 560 g/mol. The zero-order valence-corrected chi connectivity index (χ0v) is 28.4. The van der Waals surface area contributed by atoms with Crippen molar-refractivity contribution in [2.45, 2.75) is 77.2 Å². The Balaban J connectivity index is 0.00000119. The van der Waals surface area contributed by atoms with Gasteiger partial charge in [-0.3, -0.25) is 0 Å². The van der Waals surface area contributed by atoms with Gasteiger partial charge in [0.25, 0.3) is 0 Å². The maximum absolute atomic E-state index is 6.13. The number of oxazole rings is 1. The normalized spacial score (nSPS) is 26.0. The number of para-hydroxylation sites is 2. The average Bonchev–Trinajstić information content (AvgIpc) is 3.35. The van der Waals surface area contributed by atoms with Crippen molar-refractivity contribution in [3.05, 3.63) is 138 Å². The fraction of sp³-hybridized carbons (Fsp3) is 0.372. The molecule has 7 rings (SSSR count). The van der Waals surface area contributed by atoms with Crippen molar-refractivity contribution in [3.63, 3.8) is 0 Å². The molecule has 3 heteroatoms. The average molecular weight is 611 g/mol. The lowest BCUT2D eigenvalue weighted by Gasteiger charge is -2.55. The minimum absolute atomic E-state index is 0.0969. The number of rotatable bonds is 6. The minimum atomic E-state index is 0.0969. The molecular formula is C43H50N2O. The van der Waals surface area contributed by atoms with Gasteiger partial charge in [0.05, 0.1) is 0 Å². The fourth-order valence-corrected chi connectivity index (χ4v) is 8.51. The van der Waals surface area contributed by atoms with E-state index in [1.807, 2.05) is 30.3 Å². The maximum Gasteiger partial charge on any atom is 0.226 e. The summed E-state index contributed by atoms with van der Waals surface area (Å²) in [7, 11) is 2.30. The van der Waals surface area contributed by atoms with Crippen LogP contribution in [0.25, 0.3) is 22.7 Å². The molecule has 0 fully saturated rings. The summed E-state index contributed by atoms with van der Waals surface area (Å²) in [5, 5.41) is 0. The Labute approximate surface area is 276 Å². The van der Waals surface area contributed by atoms with E-state index >= 15 is 0 Å². The molecule has 5 atom stereocenters. The molecule has 0 radical (unpaired) electrons. The van der Waals surface area contributed by atoms with Gasteiger partial charge in [0, 0.05) is 36.2 Å². The van der Waals surface area contributed by atoms with Crippen LogP contribution in [0.4, 0.5) is 0 Å². The summed E-state index contributed by atoms with van der Waals surface area (Å²) in [5.41, 5.74) is 9.98. The summed E-state index contributed by atoms with van der Waals surface area (Å²) in [6, 6.07) is 15.3. The van der Waals surface area contributed by atoms with Crippen molar-refractivity contribution >= 4 is 22.7 Å². The lowest BCUT2D eigenvalue weighted by atomic mass is 9.50. The Bertz CT molecular complexity index is 1720. The van der Waals surface area contributed by atoms with Crippen molar-refractivity contribution < 1.29 is 4.42 Å². The van der Waals surface area contributed by atoms with E-state index in [1.54, 1.807) is 5.56 Å². The van der Waals surface area contributed by atoms with Gasteiger partial charge in [-0.15, -0.1) is 0 Å². The number of hydrogen-bond acceptors (Lipinski definition) is 3. The highest BCUT2D eigenvalue weighted by Gasteiger charge is 2.52. The number of fused-ring (bicyclic) bond motifs is 3. The smallest absolute Gasteiger partial charge is 0.226 e. The van der Waals surface area contributed by atoms with E-state index in [4.69, 9.17) is 9.40 Å². The van der Waals surface area contributed by atoms with Gasteiger partial charge in [-0.2, -0.15) is 0 Å². The quantitative estimate of drug-likeness (QED) is 0.205. The second-order valence-electron chi connectivity index (χ2n) is 13.9. The van der Waals surface area contributed by atoms with Gasteiger partial charge < -0.3 is 9.32 Å². The fourth-order valence-electron chi connectivity index (χ4n) is 8.51. The molecule has 3 aromatic rings. The summed E-state index contributed by atoms with van der Waals surface area (Å²) < 4.78 is 6.13. The molecule has 46 heavy (non-hydrogen) atoms. The third-order valence-corrected chi connectivity index (χ3v) is 10.6. The Morgan fingerprint density at radius 1 is 1.07 bits per heavy atom. The van der Waals surface area contributed by atoms with Gasteiger partial charge in [0.2, 0.25) is 5.89 Å². The molecule has 0 spiro atoms. The van der Waals surface area contributed by atoms with Crippen molar-refractivity contribution in [1.29, 1.82) is 0 Å². The van der Waals surface area contributed by atoms with Crippen LogP contribution in [0.15, 0.2) is 120 Å². The third-order valence-electron chi connectivity index (χ3n) is 10.6. The van der Waals surface area contributed by atoms with Gasteiger partial charge in [-0.1, -0.05) is 126 Å². The molecule has 1 aromatic heterocycles. The van der Waals surface area contributed by atoms with E-state index in [2.05, 4.69) is 120 Å². The van der Waals surface area contributed by atoms with E-state index in [9.17, 15) is 0 Å². The van der Waals surface area contributed by atoms with Crippen LogP contribution >= 0.6 is 0 Å². The Kier molecular flexibility index (Phi) is 9.22. The van der Waals surface area contributed by atoms with E-state index in [0.29, 0.717) is 29.7 Å². The molecule has 1 heterocycles. The highest BCUT2D eigenvalue weighted by atomic mass is 16.3. The molecule has 0 amide bonds. The highest BCUT2D eigenvalue weighted by Crippen LogP contribution is 2.60. The zero-order chi connectivity index (χ0) is 32.4. The Hall–Kier alpha value is -4.11.